The van der Waals surface area contributed by atoms with Crippen LogP contribution >= 0.6 is 22.9 Å². The van der Waals surface area contributed by atoms with Gasteiger partial charge in [-0.3, -0.25) is 28.6 Å². The number of hydrogen-bond acceptors (Lipinski definition) is 6. The Morgan fingerprint density at radius 2 is 1.65 bits per heavy atom. The topological polar surface area (TPSA) is 127 Å². The monoisotopic (exact) mass is 499 g/mol. The van der Waals surface area contributed by atoms with E-state index in [1.54, 1.807) is 59.6 Å². The van der Waals surface area contributed by atoms with Crippen LogP contribution in [0.15, 0.2) is 65.6 Å². The predicted octanol–water partition coefficient (Wildman–Crippen LogP) is 1.25. The second-order valence-corrected chi connectivity index (χ2v) is 9.59. The fraction of sp³-hybridized carbons (Fsp3) is 0.217. The molecule has 176 valence electrons. The van der Waals surface area contributed by atoms with E-state index in [0.717, 1.165) is 11.3 Å². The lowest BCUT2D eigenvalue weighted by Crippen LogP contribution is -2.50. The van der Waals surface area contributed by atoms with E-state index in [1.807, 2.05) is 0 Å². The van der Waals surface area contributed by atoms with Gasteiger partial charge in [0.25, 0.3) is 17.4 Å². The van der Waals surface area contributed by atoms with Crippen molar-refractivity contribution in [2.45, 2.75) is 12.1 Å². The number of carbonyl (C=O) groups excluding carboxylic acids is 3. The highest BCUT2D eigenvalue weighted by atomic mass is 35.5. The molecule has 3 aromatic rings. The van der Waals surface area contributed by atoms with Crippen molar-refractivity contribution in [1.29, 1.82) is 0 Å². The van der Waals surface area contributed by atoms with Crippen LogP contribution in [0.1, 0.15) is 20.0 Å². The molecule has 2 atom stereocenters. The molecule has 3 amide bonds. The molecule has 34 heavy (non-hydrogen) atoms. The van der Waals surface area contributed by atoms with E-state index in [0.29, 0.717) is 33.6 Å². The Morgan fingerprint density at radius 3 is 2.24 bits per heavy atom. The minimum absolute atomic E-state index is 0.0180. The van der Waals surface area contributed by atoms with E-state index in [9.17, 15) is 19.2 Å². The van der Waals surface area contributed by atoms with Crippen molar-refractivity contribution >= 4 is 40.7 Å². The van der Waals surface area contributed by atoms with Crippen molar-refractivity contribution in [1.82, 2.24) is 20.1 Å². The number of aromatic nitrogens is 1. The van der Waals surface area contributed by atoms with Gasteiger partial charge in [-0.25, -0.2) is 0 Å². The van der Waals surface area contributed by atoms with Crippen molar-refractivity contribution in [3.63, 3.8) is 0 Å². The predicted molar refractivity (Wildman–Crippen MR) is 130 cm³/mol. The van der Waals surface area contributed by atoms with E-state index in [-0.39, 0.29) is 23.9 Å². The second-order valence-electron chi connectivity index (χ2n) is 7.88. The number of benzene rings is 1. The number of carbonyl (C=O) groups is 3. The van der Waals surface area contributed by atoms with Crippen molar-refractivity contribution in [3.05, 3.63) is 85.9 Å². The number of nitrogens with zero attached hydrogens (tertiary/aromatic N) is 2. The first-order valence-corrected chi connectivity index (χ1v) is 11.7. The molecular formula is C23H22ClN5O4S. The van der Waals surface area contributed by atoms with Gasteiger partial charge in [-0.05, 0) is 42.5 Å². The van der Waals surface area contributed by atoms with Crippen LogP contribution in [0.2, 0.25) is 4.34 Å². The molecule has 1 saturated heterocycles. The van der Waals surface area contributed by atoms with E-state index < -0.39 is 18.0 Å². The van der Waals surface area contributed by atoms with Crippen LogP contribution in [0.3, 0.4) is 0 Å². The Labute approximate surface area is 204 Å². The van der Waals surface area contributed by atoms with Crippen molar-refractivity contribution in [2.24, 2.45) is 5.73 Å². The van der Waals surface area contributed by atoms with Gasteiger partial charge in [0, 0.05) is 36.6 Å². The number of rotatable bonds is 7. The molecule has 1 fully saturated rings. The summed E-state index contributed by atoms with van der Waals surface area (Å²) < 4.78 is 1.97. The first-order chi connectivity index (χ1) is 16.3. The van der Waals surface area contributed by atoms with Crippen LogP contribution in [0.4, 0.5) is 0 Å². The van der Waals surface area contributed by atoms with Gasteiger partial charge >= 0.3 is 0 Å². The van der Waals surface area contributed by atoms with Gasteiger partial charge in [0.1, 0.15) is 0 Å². The quantitative estimate of drug-likeness (QED) is 0.451. The molecule has 0 spiro atoms. The molecule has 0 bridgehead atoms. The van der Waals surface area contributed by atoms with Gasteiger partial charge in [0.2, 0.25) is 5.91 Å². The number of likely N-dealkylation sites (tertiary alicyclic amines) is 1. The number of nitrogens with one attached hydrogen (secondary N) is 2. The highest BCUT2D eigenvalue weighted by Crippen LogP contribution is 2.22. The molecule has 3 heterocycles. The molecule has 1 aliphatic rings. The van der Waals surface area contributed by atoms with Gasteiger partial charge in [-0.15, -0.1) is 11.3 Å². The molecule has 11 heteroatoms. The summed E-state index contributed by atoms with van der Waals surface area (Å²) in [5.74, 6) is -1.13. The van der Waals surface area contributed by atoms with Crippen molar-refractivity contribution in [3.8, 4) is 5.69 Å². The van der Waals surface area contributed by atoms with Crippen LogP contribution in [0.5, 0.6) is 0 Å². The third-order valence-electron chi connectivity index (χ3n) is 5.44. The van der Waals surface area contributed by atoms with Crippen LogP contribution in [-0.2, 0) is 4.79 Å². The summed E-state index contributed by atoms with van der Waals surface area (Å²) in [6, 6.07) is 13.9. The van der Waals surface area contributed by atoms with Crippen LogP contribution in [0, 0.1) is 0 Å². The zero-order valence-electron chi connectivity index (χ0n) is 17.9. The third-order valence-corrected chi connectivity index (χ3v) is 6.66. The summed E-state index contributed by atoms with van der Waals surface area (Å²) in [6.07, 6.45) is 1.65. The number of hydrogen-bond donors (Lipinski definition) is 3. The molecule has 1 aromatic carbocycles. The zero-order chi connectivity index (χ0) is 24.2. The van der Waals surface area contributed by atoms with Gasteiger partial charge in [-0.1, -0.05) is 17.7 Å². The maximum absolute atomic E-state index is 12.9. The summed E-state index contributed by atoms with van der Waals surface area (Å²) in [6.45, 7) is 0.723. The van der Waals surface area contributed by atoms with Crippen molar-refractivity contribution < 1.29 is 14.4 Å². The molecule has 4 N–H and O–H groups in total. The minimum Gasteiger partial charge on any atom is -0.369 e. The summed E-state index contributed by atoms with van der Waals surface area (Å²) in [7, 11) is 0. The third kappa shape index (κ3) is 5.53. The Morgan fingerprint density at radius 1 is 0.971 bits per heavy atom. The zero-order valence-corrected chi connectivity index (χ0v) is 19.5. The molecular weight excluding hydrogens is 478 g/mol. The van der Waals surface area contributed by atoms with Crippen LogP contribution in [0.25, 0.3) is 5.69 Å². The van der Waals surface area contributed by atoms with Gasteiger partial charge in [0.05, 0.1) is 27.8 Å². The van der Waals surface area contributed by atoms with Crippen LogP contribution < -0.4 is 21.9 Å². The lowest BCUT2D eigenvalue weighted by molar-refractivity contribution is -0.118. The molecule has 0 saturated carbocycles. The lowest BCUT2D eigenvalue weighted by Gasteiger charge is -2.21. The number of halogens is 1. The first kappa shape index (κ1) is 23.7. The molecule has 0 radical (unpaired) electrons. The van der Waals surface area contributed by atoms with Gasteiger partial charge in [-0.2, -0.15) is 0 Å². The molecule has 0 unspecified atom stereocenters. The highest BCUT2D eigenvalue weighted by molar-refractivity contribution is 7.18. The Balaban J connectivity index is 1.47. The minimum atomic E-state index is -0.492. The average Bonchev–Trinajstić information content (AvgIpc) is 3.39. The van der Waals surface area contributed by atoms with E-state index in [2.05, 4.69) is 10.6 Å². The van der Waals surface area contributed by atoms with Crippen LogP contribution in [-0.4, -0.2) is 58.9 Å². The standard InChI is InChI=1S/C23H22ClN5O4S/c24-19-9-8-18(34-19)23(33)27-17-12-28(13-20(25)30)11-16(17)26-22(32)14-4-6-15(7-5-14)29-10-2-1-3-21(29)31/h1-10,16-17H,11-13H2,(H2,25,30)(H,26,32)(H,27,33)/t16-,17+/m0/s1. The number of thiophene rings is 1. The first-order valence-electron chi connectivity index (χ1n) is 10.5. The molecule has 4 rings (SSSR count). The maximum Gasteiger partial charge on any atom is 0.261 e. The highest BCUT2D eigenvalue weighted by Gasteiger charge is 2.35. The number of primary amides is 1. The second kappa shape index (κ2) is 10.2. The maximum atomic E-state index is 12.9. The molecule has 9 nitrogen and oxygen atoms in total. The largest absolute Gasteiger partial charge is 0.369 e. The fourth-order valence-corrected chi connectivity index (χ4v) is 4.82. The molecule has 0 aliphatic carbocycles. The van der Waals surface area contributed by atoms with Gasteiger partial charge in [0.15, 0.2) is 0 Å². The Hall–Kier alpha value is -3.47. The number of amides is 3. The normalized spacial score (nSPS) is 17.9. The number of nitrogens with two attached hydrogens (primary N) is 1. The summed E-state index contributed by atoms with van der Waals surface area (Å²) >= 11 is 7.09. The van der Waals surface area contributed by atoms with Gasteiger partial charge < -0.3 is 16.4 Å². The Bertz CT molecular complexity index is 1270. The number of pyridine rings is 1. The van der Waals surface area contributed by atoms with E-state index in [4.69, 9.17) is 17.3 Å². The Kier molecular flexibility index (Phi) is 7.11. The molecule has 1 aliphatic heterocycles. The van der Waals surface area contributed by atoms with Crippen molar-refractivity contribution in [2.75, 3.05) is 19.6 Å². The average molecular weight is 500 g/mol. The van der Waals surface area contributed by atoms with E-state index in [1.165, 1.54) is 10.6 Å². The molecule has 2 aromatic heterocycles. The smallest absolute Gasteiger partial charge is 0.261 e. The fourth-order valence-electron chi connectivity index (χ4n) is 3.87. The summed E-state index contributed by atoms with van der Waals surface area (Å²) in [4.78, 5) is 51.2. The van der Waals surface area contributed by atoms with E-state index >= 15 is 0 Å². The summed E-state index contributed by atoms with van der Waals surface area (Å²) in [5, 5.41) is 5.86. The summed E-state index contributed by atoms with van der Waals surface area (Å²) in [5.41, 5.74) is 6.19. The lowest BCUT2D eigenvalue weighted by atomic mass is 10.1. The SMILES string of the molecule is NC(=O)CN1C[C@H](NC(=O)c2ccc(-n3ccccc3=O)cc2)[C@H](NC(=O)c2ccc(Cl)s2)C1.